The van der Waals surface area contributed by atoms with Crippen molar-refractivity contribution in [1.29, 1.82) is 0 Å². The average molecular weight is 381 g/mol. The van der Waals surface area contributed by atoms with E-state index in [0.717, 1.165) is 21.0 Å². The maximum absolute atomic E-state index is 6.35. The highest BCUT2D eigenvalue weighted by Gasteiger charge is 2.11. The second-order valence-corrected chi connectivity index (χ2v) is 6.63. The lowest BCUT2D eigenvalue weighted by Gasteiger charge is -2.14. The van der Waals surface area contributed by atoms with Crippen LogP contribution in [-0.2, 0) is 0 Å². The third kappa shape index (κ3) is 3.09. The van der Waals surface area contributed by atoms with Crippen molar-refractivity contribution in [1.82, 2.24) is 0 Å². The van der Waals surface area contributed by atoms with E-state index in [0.29, 0.717) is 10.0 Å². The van der Waals surface area contributed by atoms with E-state index in [-0.39, 0.29) is 6.04 Å². The zero-order valence-electron chi connectivity index (χ0n) is 11.0. The van der Waals surface area contributed by atoms with Crippen LogP contribution in [0, 0.1) is 0 Å². The number of benzene rings is 3. The molecular formula is C17H12BrCl2N. The predicted octanol–water partition coefficient (Wildman–Crippen LogP) is 5.96. The fourth-order valence-corrected chi connectivity index (χ4v) is 3.01. The Morgan fingerprint density at radius 3 is 2.14 bits per heavy atom. The Kier molecular flexibility index (Phi) is 4.23. The van der Waals surface area contributed by atoms with Gasteiger partial charge >= 0.3 is 0 Å². The summed E-state index contributed by atoms with van der Waals surface area (Å²) in [5.74, 6) is 0. The van der Waals surface area contributed by atoms with Gasteiger partial charge in [0.1, 0.15) is 0 Å². The van der Waals surface area contributed by atoms with Crippen molar-refractivity contribution in [3.05, 3.63) is 80.2 Å². The van der Waals surface area contributed by atoms with Gasteiger partial charge in [-0.15, -0.1) is 0 Å². The molecule has 2 N–H and O–H groups in total. The minimum Gasteiger partial charge on any atom is -0.320 e. The van der Waals surface area contributed by atoms with E-state index < -0.39 is 0 Å². The summed E-state index contributed by atoms with van der Waals surface area (Å²) < 4.78 is 1.07. The molecule has 0 spiro atoms. The van der Waals surface area contributed by atoms with Crippen LogP contribution in [-0.4, -0.2) is 0 Å². The molecule has 0 aromatic heterocycles. The molecule has 0 bridgehead atoms. The molecule has 1 nitrogen and oxygen atoms in total. The lowest BCUT2D eigenvalue weighted by Crippen LogP contribution is -2.11. The first-order chi connectivity index (χ1) is 10.0. The normalized spacial score (nSPS) is 12.6. The summed E-state index contributed by atoms with van der Waals surface area (Å²) >= 11 is 15.5. The number of rotatable bonds is 2. The van der Waals surface area contributed by atoms with Crippen LogP contribution >= 0.6 is 39.1 Å². The van der Waals surface area contributed by atoms with Crippen molar-refractivity contribution < 1.29 is 0 Å². The second-order valence-electron chi connectivity index (χ2n) is 4.90. The number of fused-ring (bicyclic) bond motifs is 1. The van der Waals surface area contributed by atoms with E-state index in [1.54, 1.807) is 6.07 Å². The largest absolute Gasteiger partial charge is 0.320 e. The maximum atomic E-state index is 6.35. The van der Waals surface area contributed by atoms with Crippen molar-refractivity contribution in [2.45, 2.75) is 6.04 Å². The summed E-state index contributed by atoms with van der Waals surface area (Å²) in [6, 6.07) is 17.7. The average Bonchev–Trinajstić information content (AvgIpc) is 2.49. The molecule has 0 saturated heterocycles. The lowest BCUT2D eigenvalue weighted by atomic mass is 9.97. The highest BCUT2D eigenvalue weighted by Crippen LogP contribution is 2.29. The summed E-state index contributed by atoms with van der Waals surface area (Å²) in [4.78, 5) is 0. The van der Waals surface area contributed by atoms with Gasteiger partial charge in [-0.2, -0.15) is 0 Å². The molecule has 0 fully saturated rings. The number of hydrogen-bond donors (Lipinski definition) is 1. The fraction of sp³-hybridized carbons (Fsp3) is 0.0588. The van der Waals surface area contributed by atoms with E-state index in [1.807, 2.05) is 24.3 Å². The Morgan fingerprint density at radius 2 is 1.38 bits per heavy atom. The van der Waals surface area contributed by atoms with Gasteiger partial charge in [-0.3, -0.25) is 0 Å². The number of halogens is 3. The van der Waals surface area contributed by atoms with Gasteiger partial charge in [-0.25, -0.2) is 0 Å². The first-order valence-corrected chi connectivity index (χ1v) is 7.99. The van der Waals surface area contributed by atoms with Gasteiger partial charge in [0.25, 0.3) is 0 Å². The van der Waals surface area contributed by atoms with E-state index >= 15 is 0 Å². The molecule has 106 valence electrons. The first-order valence-electron chi connectivity index (χ1n) is 6.44. The summed E-state index contributed by atoms with van der Waals surface area (Å²) in [5.41, 5.74) is 8.34. The van der Waals surface area contributed by atoms with Gasteiger partial charge < -0.3 is 5.73 Å². The SMILES string of the molecule is NC(c1ccc(Cl)c(Cl)c1)c1ccc2cc(Br)ccc2c1. The summed E-state index contributed by atoms with van der Waals surface area (Å²) in [6.45, 7) is 0. The highest BCUT2D eigenvalue weighted by molar-refractivity contribution is 9.10. The molecule has 0 heterocycles. The maximum Gasteiger partial charge on any atom is 0.0595 e. The number of nitrogens with two attached hydrogens (primary N) is 1. The zero-order valence-corrected chi connectivity index (χ0v) is 14.1. The van der Waals surface area contributed by atoms with Crippen molar-refractivity contribution in [2.24, 2.45) is 5.73 Å². The molecule has 0 amide bonds. The molecule has 3 aromatic carbocycles. The van der Waals surface area contributed by atoms with E-state index in [2.05, 4.69) is 40.2 Å². The van der Waals surface area contributed by atoms with Crippen LogP contribution in [0.4, 0.5) is 0 Å². The van der Waals surface area contributed by atoms with Gasteiger partial charge in [0.15, 0.2) is 0 Å². The molecular weight excluding hydrogens is 369 g/mol. The molecule has 4 heteroatoms. The van der Waals surface area contributed by atoms with Crippen LogP contribution in [0.15, 0.2) is 59.1 Å². The van der Waals surface area contributed by atoms with E-state index in [4.69, 9.17) is 28.9 Å². The third-order valence-corrected chi connectivity index (χ3v) is 4.72. The van der Waals surface area contributed by atoms with Gasteiger partial charge in [0, 0.05) is 4.47 Å². The first kappa shape index (κ1) is 14.9. The summed E-state index contributed by atoms with van der Waals surface area (Å²) in [6.07, 6.45) is 0. The minimum atomic E-state index is -0.229. The van der Waals surface area contributed by atoms with Crippen LogP contribution < -0.4 is 5.73 Å². The Hall–Kier alpha value is -1.06. The van der Waals surface area contributed by atoms with Crippen LogP contribution in [0.3, 0.4) is 0 Å². The zero-order chi connectivity index (χ0) is 15.0. The topological polar surface area (TPSA) is 26.0 Å². The quantitative estimate of drug-likeness (QED) is 0.583. The Bertz CT molecular complexity index is 817. The van der Waals surface area contributed by atoms with Crippen molar-refractivity contribution >= 4 is 49.9 Å². The summed E-state index contributed by atoms with van der Waals surface area (Å²) in [7, 11) is 0. The fourth-order valence-electron chi connectivity index (χ4n) is 2.33. The van der Waals surface area contributed by atoms with Gasteiger partial charge in [-0.1, -0.05) is 63.4 Å². The molecule has 0 aliphatic rings. The van der Waals surface area contributed by atoms with Gasteiger partial charge in [0.05, 0.1) is 16.1 Å². The van der Waals surface area contributed by atoms with E-state index in [1.165, 1.54) is 5.39 Å². The monoisotopic (exact) mass is 379 g/mol. The Balaban J connectivity index is 2.02. The van der Waals surface area contributed by atoms with Crippen LogP contribution in [0.5, 0.6) is 0 Å². The standard InChI is InChI=1S/C17H12BrCl2N/c18-14-5-3-10-7-12(2-1-11(10)8-14)17(21)13-4-6-15(19)16(20)9-13/h1-9,17H,21H2. The van der Waals surface area contributed by atoms with Gasteiger partial charge in [-0.05, 0) is 52.2 Å². The molecule has 3 aromatic rings. The Morgan fingerprint density at radius 1 is 0.762 bits per heavy atom. The van der Waals surface area contributed by atoms with Crippen molar-refractivity contribution in [3.8, 4) is 0 Å². The molecule has 0 saturated carbocycles. The van der Waals surface area contributed by atoms with Crippen LogP contribution in [0.1, 0.15) is 17.2 Å². The molecule has 1 unspecified atom stereocenters. The van der Waals surface area contributed by atoms with Crippen molar-refractivity contribution in [2.75, 3.05) is 0 Å². The van der Waals surface area contributed by atoms with Gasteiger partial charge in [0.2, 0.25) is 0 Å². The molecule has 0 aliphatic heterocycles. The third-order valence-electron chi connectivity index (χ3n) is 3.49. The Labute approximate surface area is 141 Å². The van der Waals surface area contributed by atoms with E-state index in [9.17, 15) is 0 Å². The smallest absolute Gasteiger partial charge is 0.0595 e. The molecule has 1 atom stereocenters. The summed E-state index contributed by atoms with van der Waals surface area (Å²) in [5, 5.41) is 3.39. The van der Waals surface area contributed by atoms with Crippen molar-refractivity contribution in [3.63, 3.8) is 0 Å². The number of hydrogen-bond acceptors (Lipinski definition) is 1. The molecule has 0 radical (unpaired) electrons. The molecule has 0 aliphatic carbocycles. The second kappa shape index (κ2) is 5.98. The minimum absolute atomic E-state index is 0.229. The van der Waals surface area contributed by atoms with Crippen LogP contribution in [0.2, 0.25) is 10.0 Å². The lowest BCUT2D eigenvalue weighted by molar-refractivity contribution is 0.873. The predicted molar refractivity (Wildman–Crippen MR) is 94.1 cm³/mol. The van der Waals surface area contributed by atoms with Crippen LogP contribution in [0.25, 0.3) is 10.8 Å². The highest BCUT2D eigenvalue weighted by atomic mass is 79.9. The molecule has 21 heavy (non-hydrogen) atoms. The molecule has 3 rings (SSSR count).